The second-order valence-electron chi connectivity index (χ2n) is 5.26. The minimum Gasteiger partial charge on any atom is -0.337 e. The number of carbonyl (C=O) groups is 1. The SMILES string of the molecule is O=C(c1cc2c(s1)CCCC2)N1CCCC(Br)C1. The molecule has 18 heavy (non-hydrogen) atoms. The number of rotatable bonds is 1. The van der Waals surface area contributed by atoms with Crippen LogP contribution in [0, 0.1) is 0 Å². The van der Waals surface area contributed by atoms with E-state index >= 15 is 0 Å². The smallest absolute Gasteiger partial charge is 0.263 e. The molecule has 3 rings (SSSR count). The van der Waals surface area contributed by atoms with Crippen LogP contribution in [0.1, 0.15) is 45.8 Å². The first-order valence-corrected chi connectivity index (χ1v) is 8.52. The average Bonchev–Trinajstić information content (AvgIpc) is 2.81. The highest BCUT2D eigenvalue weighted by Gasteiger charge is 2.25. The third kappa shape index (κ3) is 2.50. The summed E-state index contributed by atoms with van der Waals surface area (Å²) < 4.78 is 0. The first-order valence-electron chi connectivity index (χ1n) is 6.79. The summed E-state index contributed by atoms with van der Waals surface area (Å²) in [7, 11) is 0. The molecule has 98 valence electrons. The molecule has 1 atom stereocenters. The predicted molar refractivity (Wildman–Crippen MR) is 78.8 cm³/mol. The van der Waals surface area contributed by atoms with Crippen LogP contribution in [0.15, 0.2) is 6.07 Å². The van der Waals surface area contributed by atoms with Gasteiger partial charge in [0.15, 0.2) is 0 Å². The number of hydrogen-bond donors (Lipinski definition) is 0. The summed E-state index contributed by atoms with van der Waals surface area (Å²) in [6.07, 6.45) is 7.21. The lowest BCUT2D eigenvalue weighted by Crippen LogP contribution is -2.39. The van der Waals surface area contributed by atoms with Gasteiger partial charge in [-0.3, -0.25) is 4.79 Å². The summed E-state index contributed by atoms with van der Waals surface area (Å²) in [5.41, 5.74) is 1.43. The lowest BCUT2D eigenvalue weighted by molar-refractivity contribution is 0.0735. The van der Waals surface area contributed by atoms with Gasteiger partial charge in [-0.25, -0.2) is 0 Å². The summed E-state index contributed by atoms with van der Waals surface area (Å²) in [4.78, 5) is 17.4. The molecule has 0 bridgehead atoms. The number of likely N-dealkylation sites (tertiary alicyclic amines) is 1. The molecule has 0 spiro atoms. The highest BCUT2D eigenvalue weighted by molar-refractivity contribution is 9.09. The first kappa shape index (κ1) is 12.7. The minimum absolute atomic E-state index is 0.249. The summed E-state index contributed by atoms with van der Waals surface area (Å²) in [6, 6.07) is 2.15. The molecule has 1 unspecified atom stereocenters. The van der Waals surface area contributed by atoms with Crippen LogP contribution >= 0.6 is 27.3 Å². The van der Waals surface area contributed by atoms with E-state index in [1.165, 1.54) is 42.5 Å². The third-order valence-electron chi connectivity index (χ3n) is 3.86. The average molecular weight is 328 g/mol. The van der Waals surface area contributed by atoms with Crippen molar-refractivity contribution in [2.75, 3.05) is 13.1 Å². The van der Waals surface area contributed by atoms with Gasteiger partial charge >= 0.3 is 0 Å². The number of hydrogen-bond acceptors (Lipinski definition) is 2. The lowest BCUT2D eigenvalue weighted by atomic mass is 9.99. The number of fused-ring (bicyclic) bond motifs is 1. The molecule has 1 aromatic rings. The van der Waals surface area contributed by atoms with E-state index in [4.69, 9.17) is 0 Å². The van der Waals surface area contributed by atoms with E-state index < -0.39 is 0 Å². The molecule has 2 aliphatic rings. The predicted octanol–water partition coefficient (Wildman–Crippen LogP) is 3.63. The maximum absolute atomic E-state index is 12.5. The van der Waals surface area contributed by atoms with E-state index in [0.29, 0.717) is 4.83 Å². The van der Waals surface area contributed by atoms with Crippen LogP contribution in [0.4, 0.5) is 0 Å². The lowest BCUT2D eigenvalue weighted by Gasteiger charge is -2.29. The molecule has 0 saturated carbocycles. The van der Waals surface area contributed by atoms with Crippen molar-refractivity contribution in [3.8, 4) is 0 Å². The summed E-state index contributed by atoms with van der Waals surface area (Å²) in [5.74, 6) is 0.249. The monoisotopic (exact) mass is 327 g/mol. The fraction of sp³-hybridized carbons (Fsp3) is 0.643. The van der Waals surface area contributed by atoms with Crippen molar-refractivity contribution in [3.05, 3.63) is 21.4 Å². The van der Waals surface area contributed by atoms with Gasteiger partial charge in [0, 0.05) is 22.8 Å². The molecular weight excluding hydrogens is 310 g/mol. The van der Waals surface area contributed by atoms with Gasteiger partial charge in [-0.05, 0) is 50.2 Å². The van der Waals surface area contributed by atoms with E-state index in [-0.39, 0.29) is 5.91 Å². The number of amides is 1. The topological polar surface area (TPSA) is 20.3 Å². The van der Waals surface area contributed by atoms with Crippen molar-refractivity contribution in [2.45, 2.75) is 43.4 Å². The summed E-state index contributed by atoms with van der Waals surface area (Å²) in [6.45, 7) is 1.78. The van der Waals surface area contributed by atoms with Crippen LogP contribution < -0.4 is 0 Å². The summed E-state index contributed by atoms with van der Waals surface area (Å²) >= 11 is 5.37. The van der Waals surface area contributed by atoms with E-state index in [1.807, 2.05) is 4.90 Å². The van der Waals surface area contributed by atoms with Crippen molar-refractivity contribution in [3.63, 3.8) is 0 Å². The zero-order valence-electron chi connectivity index (χ0n) is 10.5. The maximum atomic E-state index is 12.5. The van der Waals surface area contributed by atoms with Gasteiger partial charge < -0.3 is 4.90 Å². The fourth-order valence-electron chi connectivity index (χ4n) is 2.86. The van der Waals surface area contributed by atoms with Crippen LogP contribution in [-0.4, -0.2) is 28.7 Å². The highest BCUT2D eigenvalue weighted by Crippen LogP contribution is 2.31. The van der Waals surface area contributed by atoms with Gasteiger partial charge in [-0.1, -0.05) is 15.9 Å². The second kappa shape index (κ2) is 5.33. The number of halogens is 1. The molecular formula is C14H18BrNOS. The number of aryl methyl sites for hydroxylation is 2. The Kier molecular flexibility index (Phi) is 3.76. The highest BCUT2D eigenvalue weighted by atomic mass is 79.9. The van der Waals surface area contributed by atoms with Gasteiger partial charge in [0.25, 0.3) is 5.91 Å². The Balaban J connectivity index is 1.77. The van der Waals surface area contributed by atoms with Crippen LogP contribution in [0.25, 0.3) is 0 Å². The first-order chi connectivity index (χ1) is 8.74. The zero-order chi connectivity index (χ0) is 12.5. The Hall–Kier alpha value is -0.350. The molecule has 1 saturated heterocycles. The Morgan fingerprint density at radius 2 is 2.17 bits per heavy atom. The molecule has 1 aromatic heterocycles. The van der Waals surface area contributed by atoms with Crippen molar-refractivity contribution in [1.82, 2.24) is 4.90 Å². The number of piperidine rings is 1. The molecule has 0 radical (unpaired) electrons. The van der Waals surface area contributed by atoms with E-state index in [0.717, 1.165) is 24.4 Å². The van der Waals surface area contributed by atoms with Gasteiger partial charge in [-0.2, -0.15) is 0 Å². The Labute approximate surface area is 120 Å². The Bertz CT molecular complexity index is 433. The van der Waals surface area contributed by atoms with Gasteiger partial charge in [0.05, 0.1) is 4.88 Å². The molecule has 2 nitrogen and oxygen atoms in total. The van der Waals surface area contributed by atoms with E-state index in [1.54, 1.807) is 11.3 Å². The number of nitrogens with zero attached hydrogens (tertiary/aromatic N) is 1. The number of alkyl halides is 1. The molecule has 0 N–H and O–H groups in total. The Morgan fingerprint density at radius 3 is 2.94 bits per heavy atom. The third-order valence-corrected chi connectivity index (χ3v) is 5.83. The summed E-state index contributed by atoms with van der Waals surface area (Å²) in [5, 5.41) is 0. The van der Waals surface area contributed by atoms with Crippen molar-refractivity contribution >= 4 is 33.2 Å². The standard InChI is InChI=1S/C14H18BrNOS/c15-11-5-3-7-16(9-11)14(17)13-8-10-4-1-2-6-12(10)18-13/h8,11H,1-7,9H2. The zero-order valence-corrected chi connectivity index (χ0v) is 12.9. The molecule has 4 heteroatoms. The van der Waals surface area contributed by atoms with Crippen LogP contribution in [-0.2, 0) is 12.8 Å². The van der Waals surface area contributed by atoms with Crippen LogP contribution in [0.2, 0.25) is 0 Å². The van der Waals surface area contributed by atoms with Gasteiger partial charge in [0.2, 0.25) is 0 Å². The Morgan fingerprint density at radius 1 is 1.33 bits per heavy atom. The van der Waals surface area contributed by atoms with Crippen LogP contribution in [0.5, 0.6) is 0 Å². The van der Waals surface area contributed by atoms with Crippen molar-refractivity contribution in [2.24, 2.45) is 0 Å². The van der Waals surface area contributed by atoms with Gasteiger partial charge in [0.1, 0.15) is 0 Å². The molecule has 1 amide bonds. The van der Waals surface area contributed by atoms with E-state index in [2.05, 4.69) is 22.0 Å². The molecule has 1 aliphatic carbocycles. The number of thiophene rings is 1. The quantitative estimate of drug-likeness (QED) is 0.721. The second-order valence-corrected chi connectivity index (χ2v) is 7.69. The van der Waals surface area contributed by atoms with Crippen LogP contribution in [0.3, 0.4) is 0 Å². The molecule has 0 aromatic carbocycles. The maximum Gasteiger partial charge on any atom is 0.263 e. The van der Waals surface area contributed by atoms with E-state index in [9.17, 15) is 4.79 Å². The molecule has 1 fully saturated rings. The normalized spacial score (nSPS) is 23.8. The van der Waals surface area contributed by atoms with Crippen molar-refractivity contribution < 1.29 is 4.79 Å². The molecule has 2 heterocycles. The fourth-order valence-corrected chi connectivity index (χ4v) is 4.76. The minimum atomic E-state index is 0.249. The largest absolute Gasteiger partial charge is 0.337 e. The molecule has 1 aliphatic heterocycles. The van der Waals surface area contributed by atoms with Gasteiger partial charge in [-0.15, -0.1) is 11.3 Å². The number of carbonyl (C=O) groups excluding carboxylic acids is 1. The van der Waals surface area contributed by atoms with Crippen molar-refractivity contribution in [1.29, 1.82) is 0 Å².